The summed E-state index contributed by atoms with van der Waals surface area (Å²) in [5.41, 5.74) is 2.47. The molecule has 122 valence electrons. The topological polar surface area (TPSA) is 85.5 Å². The van der Waals surface area contributed by atoms with Crippen molar-refractivity contribution in [3.63, 3.8) is 0 Å². The Bertz CT molecular complexity index is 833. The number of para-hydroxylation sites is 1. The lowest BCUT2D eigenvalue weighted by molar-refractivity contribution is -0.307. The fourth-order valence-electron chi connectivity index (χ4n) is 2.74. The fraction of sp³-hybridized carbons (Fsp3) is 0.278. The number of thiophene rings is 1. The highest BCUT2D eigenvalue weighted by Gasteiger charge is 2.20. The minimum absolute atomic E-state index is 0.422. The van der Waals surface area contributed by atoms with Gasteiger partial charge >= 0.3 is 0 Å². The van der Waals surface area contributed by atoms with Gasteiger partial charge < -0.3 is 14.6 Å². The van der Waals surface area contributed by atoms with Gasteiger partial charge in [0.25, 0.3) is 0 Å². The van der Waals surface area contributed by atoms with Crippen LogP contribution < -0.4 is 9.84 Å². The normalized spacial score (nSPS) is 13.5. The summed E-state index contributed by atoms with van der Waals surface area (Å²) in [5.74, 6) is -0.857. The maximum absolute atomic E-state index is 10.6. The molecular weight excluding hydrogens is 324 g/mol. The van der Waals surface area contributed by atoms with E-state index in [0.29, 0.717) is 21.9 Å². The average Bonchev–Trinajstić information content (AvgIpc) is 2.96. The maximum Gasteiger partial charge on any atom is 0.134 e. The monoisotopic (exact) mass is 339 g/mol. The molecule has 0 N–H and O–H groups in total. The molecule has 0 atom stereocenters. The third kappa shape index (κ3) is 3.47. The van der Waals surface area contributed by atoms with Gasteiger partial charge in [-0.1, -0.05) is 12.1 Å². The van der Waals surface area contributed by atoms with Crippen LogP contribution in [0.25, 0.3) is 0 Å². The number of carboxylic acids is 1. The van der Waals surface area contributed by atoms with Crippen molar-refractivity contribution in [2.75, 3.05) is 6.61 Å². The van der Waals surface area contributed by atoms with Crippen LogP contribution in [0.2, 0.25) is 0 Å². The molecule has 1 aliphatic carbocycles. The summed E-state index contributed by atoms with van der Waals surface area (Å²) in [6.45, 7) is -0.512. The van der Waals surface area contributed by atoms with Crippen LogP contribution >= 0.6 is 11.3 Å². The van der Waals surface area contributed by atoms with Crippen molar-refractivity contribution < 1.29 is 14.6 Å². The lowest BCUT2D eigenvalue weighted by Gasteiger charge is -2.09. The predicted octanol–water partition coefficient (Wildman–Crippen LogP) is 2.38. The summed E-state index contributed by atoms with van der Waals surface area (Å²) < 4.78 is 5.21. The number of aliphatic imine (C=N–C) groups is 1. The second-order valence-electron chi connectivity index (χ2n) is 5.46. The Balaban J connectivity index is 1.88. The second-order valence-corrected chi connectivity index (χ2v) is 6.54. The van der Waals surface area contributed by atoms with E-state index in [9.17, 15) is 15.2 Å². The molecule has 0 radical (unpaired) electrons. The Morgan fingerprint density at radius 2 is 2.17 bits per heavy atom. The van der Waals surface area contributed by atoms with Crippen molar-refractivity contribution in [1.82, 2.24) is 0 Å². The number of carboxylic acid groups (broad SMARTS) is 1. The second kappa shape index (κ2) is 7.28. The van der Waals surface area contributed by atoms with Crippen LogP contribution in [-0.2, 0) is 17.6 Å². The van der Waals surface area contributed by atoms with Crippen molar-refractivity contribution in [3.8, 4) is 11.8 Å². The van der Waals surface area contributed by atoms with E-state index in [2.05, 4.69) is 11.1 Å². The van der Waals surface area contributed by atoms with E-state index >= 15 is 0 Å². The van der Waals surface area contributed by atoms with Crippen LogP contribution in [0.15, 0.2) is 29.3 Å². The first-order valence-electron chi connectivity index (χ1n) is 7.69. The molecule has 0 aliphatic heterocycles. The summed E-state index contributed by atoms with van der Waals surface area (Å²) in [4.78, 5) is 16.3. The van der Waals surface area contributed by atoms with Crippen molar-refractivity contribution in [3.05, 3.63) is 45.8 Å². The standard InChI is InChI=1S/C18H16N2O3S/c19-9-14-13-6-2-4-8-16(13)24-18(14)20-10-12-5-1-3-7-15(12)23-11-17(21)22/h1,3,5,7,10H,2,4,6,8,11H2,(H,21,22)/p-1. The van der Waals surface area contributed by atoms with Gasteiger partial charge in [0, 0.05) is 16.7 Å². The summed E-state index contributed by atoms with van der Waals surface area (Å²) in [6.07, 6.45) is 5.83. The zero-order valence-electron chi connectivity index (χ0n) is 12.9. The minimum atomic E-state index is -1.28. The largest absolute Gasteiger partial charge is 0.546 e. The highest BCUT2D eigenvalue weighted by atomic mass is 32.1. The van der Waals surface area contributed by atoms with Gasteiger partial charge in [0.15, 0.2) is 0 Å². The summed E-state index contributed by atoms with van der Waals surface area (Å²) in [5, 5.41) is 20.7. The van der Waals surface area contributed by atoms with Gasteiger partial charge in [0.1, 0.15) is 23.4 Å². The lowest BCUT2D eigenvalue weighted by Crippen LogP contribution is -2.29. The number of benzene rings is 1. The smallest absolute Gasteiger partial charge is 0.134 e. The molecule has 2 aromatic rings. The first-order valence-corrected chi connectivity index (χ1v) is 8.51. The average molecular weight is 339 g/mol. The molecule has 24 heavy (non-hydrogen) atoms. The van der Waals surface area contributed by atoms with Crippen LogP contribution in [0, 0.1) is 11.3 Å². The number of carbonyl (C=O) groups is 1. The molecule has 0 bridgehead atoms. The third-order valence-electron chi connectivity index (χ3n) is 3.85. The van der Waals surface area contributed by atoms with Crippen LogP contribution in [-0.4, -0.2) is 18.8 Å². The van der Waals surface area contributed by atoms with E-state index in [1.165, 1.54) is 4.88 Å². The van der Waals surface area contributed by atoms with E-state index < -0.39 is 12.6 Å². The number of fused-ring (bicyclic) bond motifs is 1. The molecule has 3 rings (SSSR count). The van der Waals surface area contributed by atoms with E-state index in [1.54, 1.807) is 35.8 Å². The number of carbonyl (C=O) groups excluding carboxylic acids is 1. The van der Waals surface area contributed by atoms with Gasteiger partial charge in [-0.25, -0.2) is 4.99 Å². The van der Waals surface area contributed by atoms with Gasteiger partial charge in [-0.05, 0) is 43.4 Å². The Labute approximate surface area is 143 Å². The lowest BCUT2D eigenvalue weighted by atomic mass is 9.96. The van der Waals surface area contributed by atoms with E-state index in [4.69, 9.17) is 4.74 Å². The van der Waals surface area contributed by atoms with Gasteiger partial charge in [0.05, 0.1) is 11.5 Å². The van der Waals surface area contributed by atoms with E-state index in [1.807, 2.05) is 6.07 Å². The van der Waals surface area contributed by atoms with E-state index in [-0.39, 0.29) is 0 Å². The molecule has 0 amide bonds. The number of ether oxygens (including phenoxy) is 1. The highest BCUT2D eigenvalue weighted by Crippen LogP contribution is 2.39. The van der Waals surface area contributed by atoms with Crippen molar-refractivity contribution in [1.29, 1.82) is 5.26 Å². The maximum atomic E-state index is 10.6. The fourth-order valence-corrected chi connectivity index (χ4v) is 3.92. The van der Waals surface area contributed by atoms with Crippen LogP contribution in [0.3, 0.4) is 0 Å². The molecule has 0 unspecified atom stereocenters. The summed E-state index contributed by atoms with van der Waals surface area (Å²) in [7, 11) is 0. The first-order chi connectivity index (χ1) is 11.7. The first kappa shape index (κ1) is 16.2. The number of nitrogens with zero attached hydrogens (tertiary/aromatic N) is 2. The molecule has 5 nitrogen and oxygen atoms in total. The molecule has 0 spiro atoms. The Morgan fingerprint density at radius 1 is 1.38 bits per heavy atom. The van der Waals surface area contributed by atoms with Gasteiger partial charge in [-0.15, -0.1) is 11.3 Å². The van der Waals surface area contributed by atoms with Crippen LogP contribution in [0.4, 0.5) is 5.00 Å². The molecule has 0 saturated carbocycles. The number of aryl methyl sites for hydroxylation is 1. The van der Waals surface area contributed by atoms with Crippen LogP contribution in [0.1, 0.15) is 34.4 Å². The number of hydrogen-bond donors (Lipinski definition) is 0. The summed E-state index contributed by atoms with van der Waals surface area (Å²) >= 11 is 1.56. The van der Waals surface area contributed by atoms with E-state index in [0.717, 1.165) is 31.2 Å². The third-order valence-corrected chi connectivity index (χ3v) is 5.05. The molecule has 1 aromatic carbocycles. The Hall–Kier alpha value is -2.65. The van der Waals surface area contributed by atoms with Crippen molar-refractivity contribution in [2.45, 2.75) is 25.7 Å². The molecule has 1 aliphatic rings. The molecule has 0 fully saturated rings. The zero-order chi connectivity index (χ0) is 16.9. The number of nitriles is 1. The molecular formula is C18H15N2O3S-. The molecule has 6 heteroatoms. The molecule has 0 saturated heterocycles. The minimum Gasteiger partial charge on any atom is -0.546 e. The van der Waals surface area contributed by atoms with Crippen molar-refractivity contribution in [2.24, 2.45) is 4.99 Å². The predicted molar refractivity (Wildman–Crippen MR) is 89.9 cm³/mol. The molecule has 1 heterocycles. The highest BCUT2D eigenvalue weighted by molar-refractivity contribution is 7.16. The Kier molecular flexibility index (Phi) is 4.92. The SMILES string of the molecule is N#Cc1c(N=Cc2ccccc2OCC(=O)[O-])sc2c1CCCC2. The number of aliphatic carboxylic acids is 1. The van der Waals surface area contributed by atoms with Gasteiger partial charge in [-0.2, -0.15) is 5.26 Å². The Morgan fingerprint density at radius 3 is 2.96 bits per heavy atom. The van der Waals surface area contributed by atoms with Crippen molar-refractivity contribution >= 4 is 28.5 Å². The van der Waals surface area contributed by atoms with Gasteiger partial charge in [-0.3, -0.25) is 0 Å². The van der Waals surface area contributed by atoms with Gasteiger partial charge in [0.2, 0.25) is 0 Å². The zero-order valence-corrected chi connectivity index (χ0v) is 13.8. The molecule has 1 aromatic heterocycles. The van der Waals surface area contributed by atoms with Crippen LogP contribution in [0.5, 0.6) is 5.75 Å². The quantitative estimate of drug-likeness (QED) is 0.783. The number of rotatable bonds is 5. The summed E-state index contributed by atoms with van der Waals surface area (Å²) in [6, 6.07) is 9.31. The number of hydrogen-bond acceptors (Lipinski definition) is 6.